The molecule has 0 radical (unpaired) electrons. The average Bonchev–Trinajstić information content (AvgIpc) is 3.32. The minimum absolute atomic E-state index is 0.0694. The summed E-state index contributed by atoms with van der Waals surface area (Å²) in [6.45, 7) is 0.253. The molecule has 4 rings (SSSR count). The monoisotopic (exact) mass is 428 g/mol. The van der Waals surface area contributed by atoms with Gasteiger partial charge in [0.05, 0.1) is 30.3 Å². The van der Waals surface area contributed by atoms with Crippen LogP contribution in [0.15, 0.2) is 35.0 Å². The number of carbonyl (C=O) groups is 3. The average molecular weight is 428 g/mol. The number of carbonyl (C=O) groups excluding carboxylic acids is 3. The molecule has 1 aromatic carbocycles. The van der Waals surface area contributed by atoms with Crippen molar-refractivity contribution in [2.75, 3.05) is 26.0 Å². The minimum atomic E-state index is -0.465. The molecule has 0 spiro atoms. The first-order valence-corrected chi connectivity index (χ1v) is 10.1. The normalized spacial score (nSPS) is 23.0. The molecule has 1 fully saturated rings. The Labute approximate surface area is 178 Å². The van der Waals surface area contributed by atoms with Crippen LogP contribution < -0.4 is 15.4 Å². The van der Waals surface area contributed by atoms with Gasteiger partial charge in [-0.2, -0.15) is 0 Å². The molecule has 2 N–H and O–H groups in total. The standard InChI is InChI=1S/C21H24N4O6/c1-22-19(26)10-13-4-5-15-18(30-13)11-29-16-6-3-12(9-14(16)21(28)25(15)2)24-20(27)17-7-8-23-31-17/h3,6-9,13,15,18H,4-5,10-11H2,1-2H3,(H,22,26)(H,24,27)/t13-,15+,18-/m1/s1. The molecule has 2 aromatic rings. The molecule has 31 heavy (non-hydrogen) atoms. The lowest BCUT2D eigenvalue weighted by molar-refractivity contribution is -0.133. The number of likely N-dealkylation sites (N-methyl/N-ethyl adjacent to an activating group) is 1. The Hall–Kier alpha value is -3.40. The molecular weight excluding hydrogens is 404 g/mol. The van der Waals surface area contributed by atoms with Crippen LogP contribution in [0.4, 0.5) is 5.69 Å². The summed E-state index contributed by atoms with van der Waals surface area (Å²) in [7, 11) is 3.33. The van der Waals surface area contributed by atoms with Crippen molar-refractivity contribution < 1.29 is 28.4 Å². The van der Waals surface area contributed by atoms with Gasteiger partial charge in [-0.1, -0.05) is 5.16 Å². The number of nitrogens with zero attached hydrogens (tertiary/aromatic N) is 2. The van der Waals surface area contributed by atoms with Crippen LogP contribution >= 0.6 is 0 Å². The van der Waals surface area contributed by atoms with E-state index in [1.165, 1.54) is 12.3 Å². The summed E-state index contributed by atoms with van der Waals surface area (Å²) in [4.78, 5) is 38.8. The predicted octanol–water partition coefficient (Wildman–Crippen LogP) is 1.44. The van der Waals surface area contributed by atoms with Crippen molar-refractivity contribution in [3.8, 4) is 5.75 Å². The lowest BCUT2D eigenvalue weighted by Gasteiger charge is -2.42. The van der Waals surface area contributed by atoms with Crippen LogP contribution in [0.5, 0.6) is 5.75 Å². The van der Waals surface area contributed by atoms with Gasteiger partial charge >= 0.3 is 0 Å². The van der Waals surface area contributed by atoms with E-state index in [-0.39, 0.29) is 48.9 Å². The number of aromatic nitrogens is 1. The van der Waals surface area contributed by atoms with Crippen molar-refractivity contribution >= 4 is 23.4 Å². The Morgan fingerprint density at radius 2 is 2.10 bits per heavy atom. The fraction of sp³-hybridized carbons (Fsp3) is 0.429. The van der Waals surface area contributed by atoms with Gasteiger partial charge in [0.2, 0.25) is 11.7 Å². The Morgan fingerprint density at radius 3 is 2.84 bits per heavy atom. The summed E-state index contributed by atoms with van der Waals surface area (Å²) in [6.07, 6.45) is 2.49. The van der Waals surface area contributed by atoms with Crippen LogP contribution in [0.3, 0.4) is 0 Å². The molecule has 10 heteroatoms. The number of ether oxygens (including phenoxy) is 2. The van der Waals surface area contributed by atoms with E-state index in [9.17, 15) is 14.4 Å². The number of rotatable bonds is 4. The van der Waals surface area contributed by atoms with Crippen LogP contribution in [0, 0.1) is 0 Å². The molecule has 0 aliphatic carbocycles. The third-order valence-electron chi connectivity index (χ3n) is 5.62. The first-order chi connectivity index (χ1) is 15.0. The van der Waals surface area contributed by atoms with Gasteiger partial charge in [-0.05, 0) is 31.0 Å². The topological polar surface area (TPSA) is 123 Å². The zero-order valence-corrected chi connectivity index (χ0v) is 17.3. The van der Waals surface area contributed by atoms with E-state index < -0.39 is 5.91 Å². The van der Waals surface area contributed by atoms with Crippen LogP contribution in [0.1, 0.15) is 40.2 Å². The Bertz CT molecular complexity index is 976. The first kappa shape index (κ1) is 20.9. The van der Waals surface area contributed by atoms with Crippen molar-refractivity contribution in [1.29, 1.82) is 0 Å². The number of anilines is 1. The molecule has 2 aliphatic rings. The zero-order valence-electron chi connectivity index (χ0n) is 17.3. The maximum atomic E-state index is 13.2. The van der Waals surface area contributed by atoms with Crippen LogP contribution in [-0.4, -0.2) is 66.7 Å². The molecule has 164 valence electrons. The van der Waals surface area contributed by atoms with Crippen molar-refractivity contribution in [3.05, 3.63) is 41.8 Å². The van der Waals surface area contributed by atoms with E-state index in [1.54, 1.807) is 37.2 Å². The van der Waals surface area contributed by atoms with Crippen molar-refractivity contribution in [1.82, 2.24) is 15.4 Å². The lowest BCUT2D eigenvalue weighted by Crippen LogP contribution is -2.53. The van der Waals surface area contributed by atoms with E-state index in [1.807, 2.05) is 0 Å². The predicted molar refractivity (Wildman–Crippen MR) is 109 cm³/mol. The molecule has 3 amide bonds. The van der Waals surface area contributed by atoms with Crippen molar-refractivity contribution in [2.24, 2.45) is 0 Å². The molecular formula is C21H24N4O6. The second-order valence-electron chi connectivity index (χ2n) is 7.59. The van der Waals surface area contributed by atoms with Gasteiger partial charge in [-0.25, -0.2) is 0 Å². The second-order valence-corrected chi connectivity index (χ2v) is 7.59. The molecule has 10 nitrogen and oxygen atoms in total. The summed E-state index contributed by atoms with van der Waals surface area (Å²) in [5, 5.41) is 8.81. The highest BCUT2D eigenvalue weighted by Gasteiger charge is 2.39. The van der Waals surface area contributed by atoms with Gasteiger partial charge in [-0.3, -0.25) is 14.4 Å². The summed E-state index contributed by atoms with van der Waals surface area (Å²) in [6, 6.07) is 6.15. The van der Waals surface area contributed by atoms with E-state index >= 15 is 0 Å². The van der Waals surface area contributed by atoms with Gasteiger partial charge in [-0.15, -0.1) is 0 Å². The highest BCUT2D eigenvalue weighted by atomic mass is 16.5. The molecule has 1 saturated heterocycles. The van der Waals surface area contributed by atoms with Crippen molar-refractivity contribution in [3.63, 3.8) is 0 Å². The fourth-order valence-electron chi connectivity index (χ4n) is 3.94. The second kappa shape index (κ2) is 8.76. The highest BCUT2D eigenvalue weighted by molar-refractivity contribution is 6.04. The zero-order chi connectivity index (χ0) is 22.0. The molecule has 3 atom stereocenters. The third kappa shape index (κ3) is 4.38. The van der Waals surface area contributed by atoms with E-state index in [0.717, 1.165) is 0 Å². The van der Waals surface area contributed by atoms with Gasteiger partial charge in [0.15, 0.2) is 0 Å². The number of nitrogens with one attached hydrogen (secondary N) is 2. The number of amides is 3. The quantitative estimate of drug-likeness (QED) is 0.755. The third-order valence-corrected chi connectivity index (χ3v) is 5.62. The Kier molecular flexibility index (Phi) is 5.90. The van der Waals surface area contributed by atoms with Crippen LogP contribution in [-0.2, 0) is 9.53 Å². The van der Waals surface area contributed by atoms with Crippen LogP contribution in [0.2, 0.25) is 0 Å². The molecule has 2 aliphatic heterocycles. The number of benzene rings is 1. The fourth-order valence-corrected chi connectivity index (χ4v) is 3.94. The number of hydrogen-bond acceptors (Lipinski definition) is 7. The number of hydrogen-bond donors (Lipinski definition) is 2. The van der Waals surface area contributed by atoms with E-state index in [4.69, 9.17) is 14.0 Å². The van der Waals surface area contributed by atoms with E-state index in [2.05, 4.69) is 15.8 Å². The van der Waals surface area contributed by atoms with Gasteiger partial charge in [0.1, 0.15) is 18.5 Å². The molecule has 3 heterocycles. The smallest absolute Gasteiger partial charge is 0.294 e. The first-order valence-electron chi connectivity index (χ1n) is 10.1. The summed E-state index contributed by atoms with van der Waals surface area (Å²) >= 11 is 0. The maximum absolute atomic E-state index is 13.2. The largest absolute Gasteiger partial charge is 0.490 e. The molecule has 0 unspecified atom stereocenters. The molecule has 0 saturated carbocycles. The van der Waals surface area contributed by atoms with Gasteiger partial charge < -0.3 is 29.5 Å². The maximum Gasteiger partial charge on any atom is 0.294 e. The summed E-state index contributed by atoms with van der Waals surface area (Å²) in [5.41, 5.74) is 0.789. The van der Waals surface area contributed by atoms with Gasteiger partial charge in [0, 0.05) is 25.8 Å². The molecule has 0 bridgehead atoms. The van der Waals surface area contributed by atoms with E-state index in [0.29, 0.717) is 29.8 Å². The summed E-state index contributed by atoms with van der Waals surface area (Å²) < 4.78 is 16.9. The van der Waals surface area contributed by atoms with Crippen LogP contribution in [0.25, 0.3) is 0 Å². The SMILES string of the molecule is CNC(=O)C[C@H]1CC[C@H]2[C@@H](COc3ccc(NC(=O)c4ccno4)cc3C(=O)N2C)O1. The molecule has 1 aromatic heterocycles. The minimum Gasteiger partial charge on any atom is -0.490 e. The Balaban J connectivity index is 1.52. The lowest BCUT2D eigenvalue weighted by atomic mass is 9.94. The summed E-state index contributed by atoms with van der Waals surface area (Å²) in [5.74, 6) is -0.295. The number of fused-ring (bicyclic) bond motifs is 2. The Morgan fingerprint density at radius 1 is 1.26 bits per heavy atom. The highest BCUT2D eigenvalue weighted by Crippen LogP contribution is 2.32. The van der Waals surface area contributed by atoms with Crippen molar-refractivity contribution in [2.45, 2.75) is 37.5 Å². The van der Waals surface area contributed by atoms with Gasteiger partial charge in [0.25, 0.3) is 11.8 Å².